The molecule has 31 heavy (non-hydrogen) atoms. The largest absolute Gasteiger partial charge is 0.482 e. The summed E-state index contributed by atoms with van der Waals surface area (Å²) < 4.78 is 10.8. The molecule has 0 radical (unpaired) electrons. The molecule has 0 unspecified atom stereocenters. The molecule has 0 fully saturated rings. The van der Waals surface area contributed by atoms with Crippen LogP contribution in [0.15, 0.2) is 18.7 Å². The van der Waals surface area contributed by atoms with Gasteiger partial charge in [0.05, 0.1) is 5.02 Å². The van der Waals surface area contributed by atoms with Crippen LogP contribution in [-0.4, -0.2) is 53.1 Å². The number of benzene rings is 1. The maximum atomic E-state index is 12.6. The van der Waals surface area contributed by atoms with Crippen molar-refractivity contribution in [3.8, 4) is 5.75 Å². The van der Waals surface area contributed by atoms with E-state index in [1.165, 1.54) is 12.1 Å². The van der Waals surface area contributed by atoms with Gasteiger partial charge in [-0.2, -0.15) is 0 Å². The van der Waals surface area contributed by atoms with Gasteiger partial charge >= 0.3 is 6.09 Å². The zero-order valence-corrected chi connectivity index (χ0v) is 19.8. The van der Waals surface area contributed by atoms with E-state index < -0.39 is 24.2 Å². The van der Waals surface area contributed by atoms with Crippen molar-refractivity contribution in [2.24, 2.45) is 0 Å². The molecule has 7 nitrogen and oxygen atoms in total. The minimum Gasteiger partial charge on any atom is -0.482 e. The van der Waals surface area contributed by atoms with Gasteiger partial charge in [-0.1, -0.05) is 36.7 Å². The number of unbranched alkanes of at least 4 members (excludes halogenated alkanes) is 1. The molecule has 172 valence electrons. The molecule has 0 heterocycles. The fourth-order valence-corrected chi connectivity index (χ4v) is 2.96. The molecule has 2 amide bonds. The second-order valence-electron chi connectivity index (χ2n) is 7.74. The fourth-order valence-electron chi connectivity index (χ4n) is 2.47. The summed E-state index contributed by atoms with van der Waals surface area (Å²) >= 11 is 12.5. The Labute approximate surface area is 192 Å². The number of aliphatic hydroxyl groups excluding tert-OH is 1. The number of halogens is 2. The molecule has 9 heteroatoms. The second-order valence-corrected chi connectivity index (χ2v) is 8.50. The number of nitrogens with zero attached hydrogens (tertiary/aromatic N) is 1. The van der Waals surface area contributed by atoms with Crippen molar-refractivity contribution in [1.29, 1.82) is 0 Å². The van der Waals surface area contributed by atoms with E-state index in [0.29, 0.717) is 18.4 Å². The van der Waals surface area contributed by atoms with E-state index in [1.807, 2.05) is 0 Å². The van der Waals surface area contributed by atoms with Crippen molar-refractivity contribution in [2.45, 2.75) is 52.6 Å². The van der Waals surface area contributed by atoms with Crippen LogP contribution in [-0.2, 0) is 14.3 Å². The van der Waals surface area contributed by atoms with Gasteiger partial charge in [-0.05, 0) is 45.7 Å². The number of hydrogen-bond donors (Lipinski definition) is 1. The van der Waals surface area contributed by atoms with E-state index in [2.05, 4.69) is 6.58 Å². The number of imide groups is 1. The Kier molecular flexibility index (Phi) is 10.5. The van der Waals surface area contributed by atoms with Gasteiger partial charge in [-0.3, -0.25) is 9.59 Å². The molecule has 1 aromatic rings. The highest BCUT2D eigenvalue weighted by Crippen LogP contribution is 2.37. The van der Waals surface area contributed by atoms with Crippen molar-refractivity contribution in [1.82, 2.24) is 4.90 Å². The maximum absolute atomic E-state index is 12.6. The summed E-state index contributed by atoms with van der Waals surface area (Å²) in [5.74, 6) is -0.674. The van der Waals surface area contributed by atoms with Gasteiger partial charge in [0, 0.05) is 30.7 Å². The minimum atomic E-state index is -0.798. The van der Waals surface area contributed by atoms with E-state index in [-0.39, 0.29) is 46.7 Å². The number of ketones is 1. The summed E-state index contributed by atoms with van der Waals surface area (Å²) in [5, 5.41) is 9.08. The third-order valence-electron chi connectivity index (χ3n) is 4.09. The van der Waals surface area contributed by atoms with Crippen molar-refractivity contribution >= 4 is 46.6 Å². The molecule has 0 aliphatic rings. The van der Waals surface area contributed by atoms with E-state index in [0.717, 1.165) is 4.90 Å². The average molecular weight is 474 g/mol. The number of aliphatic hydroxyl groups is 1. The quantitative estimate of drug-likeness (QED) is 0.383. The van der Waals surface area contributed by atoms with Crippen LogP contribution in [0.2, 0.25) is 10.0 Å². The smallest absolute Gasteiger partial charge is 0.417 e. The minimum absolute atomic E-state index is 0.0288. The SMILES string of the molecule is C=C(C(=O)CC)c1ccc(OCC(=O)N(CCCCO)C(=O)OC(C)(C)C)c(Cl)c1Cl. The predicted octanol–water partition coefficient (Wildman–Crippen LogP) is 4.90. The van der Waals surface area contributed by atoms with E-state index in [4.69, 9.17) is 37.8 Å². The van der Waals surface area contributed by atoms with Crippen LogP contribution >= 0.6 is 23.2 Å². The molecule has 1 N–H and O–H groups in total. The van der Waals surface area contributed by atoms with Crippen LogP contribution in [0.4, 0.5) is 4.79 Å². The van der Waals surface area contributed by atoms with Crippen LogP contribution < -0.4 is 4.74 Å². The summed E-state index contributed by atoms with van der Waals surface area (Å²) in [4.78, 5) is 37.9. The van der Waals surface area contributed by atoms with Gasteiger partial charge in [-0.25, -0.2) is 9.69 Å². The lowest BCUT2D eigenvalue weighted by molar-refractivity contribution is -0.132. The third-order valence-corrected chi connectivity index (χ3v) is 4.95. The molecule has 1 aromatic carbocycles. The Hall–Kier alpha value is -2.09. The maximum Gasteiger partial charge on any atom is 0.417 e. The van der Waals surface area contributed by atoms with Crippen LogP contribution in [0.25, 0.3) is 5.57 Å². The number of allylic oxidation sites excluding steroid dienone is 1. The van der Waals surface area contributed by atoms with Crippen LogP contribution in [0.1, 0.15) is 52.5 Å². The molecule has 0 aromatic heterocycles. The zero-order valence-electron chi connectivity index (χ0n) is 18.3. The first-order valence-corrected chi connectivity index (χ1v) is 10.7. The number of carbonyl (C=O) groups excluding carboxylic acids is 3. The van der Waals surface area contributed by atoms with E-state index in [1.54, 1.807) is 27.7 Å². The first kappa shape index (κ1) is 26.9. The second kappa shape index (κ2) is 12.1. The van der Waals surface area contributed by atoms with Crippen molar-refractivity contribution in [3.05, 3.63) is 34.3 Å². The summed E-state index contributed by atoms with van der Waals surface area (Å²) in [6.45, 7) is 10.1. The van der Waals surface area contributed by atoms with E-state index >= 15 is 0 Å². The molecule has 0 aliphatic heterocycles. The number of rotatable bonds is 10. The number of Topliss-reactive ketones (excluding diaryl/α,β-unsaturated/α-hetero) is 1. The van der Waals surface area contributed by atoms with Crippen LogP contribution in [0.5, 0.6) is 5.75 Å². The van der Waals surface area contributed by atoms with E-state index in [9.17, 15) is 14.4 Å². The Morgan fingerprint density at radius 3 is 2.32 bits per heavy atom. The van der Waals surface area contributed by atoms with Gasteiger partial charge in [0.2, 0.25) is 0 Å². The number of carbonyl (C=O) groups is 3. The molecular weight excluding hydrogens is 445 g/mol. The van der Waals surface area contributed by atoms with Gasteiger partial charge in [-0.15, -0.1) is 0 Å². The summed E-state index contributed by atoms with van der Waals surface area (Å²) in [6.07, 6.45) is 0.316. The fraction of sp³-hybridized carbons (Fsp3) is 0.500. The van der Waals surface area contributed by atoms with Gasteiger partial charge in [0.1, 0.15) is 16.4 Å². The first-order chi connectivity index (χ1) is 14.4. The van der Waals surface area contributed by atoms with Crippen molar-refractivity contribution < 1.29 is 29.0 Å². The number of ether oxygens (including phenoxy) is 2. The predicted molar refractivity (Wildman–Crippen MR) is 121 cm³/mol. The monoisotopic (exact) mass is 473 g/mol. The molecule has 0 saturated carbocycles. The highest BCUT2D eigenvalue weighted by molar-refractivity contribution is 6.45. The summed E-state index contributed by atoms with van der Waals surface area (Å²) in [5.41, 5.74) is -0.160. The molecule has 0 spiro atoms. The standard InChI is InChI=1S/C22H29Cl2NO6/c1-6-16(27)14(2)15-9-10-17(20(24)19(15)23)30-13-18(28)25(11-7-8-12-26)21(29)31-22(3,4)5/h9-10,26H,2,6-8,11-13H2,1,3-5H3. The zero-order chi connectivity index (χ0) is 23.8. The molecule has 1 rings (SSSR count). The Bertz CT molecular complexity index is 832. The lowest BCUT2D eigenvalue weighted by Crippen LogP contribution is -2.43. The van der Waals surface area contributed by atoms with Crippen LogP contribution in [0, 0.1) is 0 Å². The third kappa shape index (κ3) is 8.16. The lowest BCUT2D eigenvalue weighted by atomic mass is 10.0. The molecular formula is C22H29Cl2NO6. The summed E-state index contributed by atoms with van der Waals surface area (Å²) in [7, 11) is 0. The Morgan fingerprint density at radius 2 is 1.77 bits per heavy atom. The Morgan fingerprint density at radius 1 is 1.13 bits per heavy atom. The first-order valence-electron chi connectivity index (χ1n) is 9.90. The van der Waals surface area contributed by atoms with Gasteiger partial charge in [0.15, 0.2) is 12.4 Å². The van der Waals surface area contributed by atoms with Gasteiger partial charge in [0.25, 0.3) is 5.91 Å². The topological polar surface area (TPSA) is 93.1 Å². The molecule has 0 saturated heterocycles. The van der Waals surface area contributed by atoms with Gasteiger partial charge < -0.3 is 14.6 Å². The number of hydrogen-bond acceptors (Lipinski definition) is 6. The van der Waals surface area contributed by atoms with Crippen LogP contribution in [0.3, 0.4) is 0 Å². The number of amides is 2. The summed E-state index contributed by atoms with van der Waals surface area (Å²) in [6, 6.07) is 3.02. The normalized spacial score (nSPS) is 11.1. The molecule has 0 atom stereocenters. The average Bonchev–Trinajstić information content (AvgIpc) is 2.69. The highest BCUT2D eigenvalue weighted by atomic mass is 35.5. The lowest BCUT2D eigenvalue weighted by Gasteiger charge is -2.26. The Balaban J connectivity index is 2.95. The van der Waals surface area contributed by atoms with Crippen molar-refractivity contribution in [2.75, 3.05) is 19.8 Å². The van der Waals surface area contributed by atoms with Crippen molar-refractivity contribution in [3.63, 3.8) is 0 Å². The molecule has 0 aliphatic carbocycles. The molecule has 0 bridgehead atoms. The highest BCUT2D eigenvalue weighted by Gasteiger charge is 2.27.